The summed E-state index contributed by atoms with van der Waals surface area (Å²) in [5, 5.41) is 28.1. The van der Waals surface area contributed by atoms with Gasteiger partial charge in [-0.05, 0) is 0 Å². The van der Waals surface area contributed by atoms with Gasteiger partial charge in [0.2, 0.25) is 0 Å². The van der Waals surface area contributed by atoms with Crippen molar-refractivity contribution in [2.24, 2.45) is 5.92 Å². The molecule has 112 valence electrons. The van der Waals surface area contributed by atoms with Crippen LogP contribution in [0.25, 0.3) is 0 Å². The van der Waals surface area contributed by atoms with Gasteiger partial charge in [0.1, 0.15) is 0 Å². The van der Waals surface area contributed by atoms with E-state index in [2.05, 4.69) is 0 Å². The summed E-state index contributed by atoms with van der Waals surface area (Å²) in [5.41, 5.74) is -1.93. The van der Waals surface area contributed by atoms with Crippen LogP contribution in [-0.4, -0.2) is 66.4 Å². The van der Waals surface area contributed by atoms with Gasteiger partial charge in [0, 0.05) is 0 Å². The van der Waals surface area contributed by atoms with Gasteiger partial charge in [-0.1, -0.05) is 0 Å². The zero-order valence-corrected chi connectivity index (χ0v) is 12.1. The zero-order valence-electron chi connectivity index (χ0n) is 11.3. The molecule has 9 heteroatoms. The van der Waals surface area contributed by atoms with Gasteiger partial charge in [0.25, 0.3) is 0 Å². The van der Waals surface area contributed by atoms with Gasteiger partial charge in [-0.25, -0.2) is 0 Å². The molecule has 19 heavy (non-hydrogen) atoms. The maximum absolute atomic E-state index is 11.1. The van der Waals surface area contributed by atoms with Gasteiger partial charge in [-0.2, -0.15) is 0 Å². The third-order valence-corrected chi connectivity index (χ3v) is 3.95. The molecule has 0 fully saturated rings. The molecule has 0 aromatic heterocycles. The fourth-order valence-corrected chi connectivity index (χ4v) is 2.06. The van der Waals surface area contributed by atoms with Gasteiger partial charge in [0.05, 0.1) is 0 Å². The molecular formula is C10H22BNO6S. The first-order valence-electron chi connectivity index (χ1n) is 6.14. The van der Waals surface area contributed by atoms with Gasteiger partial charge < -0.3 is 0 Å². The van der Waals surface area contributed by atoms with Crippen molar-refractivity contribution in [3.05, 3.63) is 0 Å². The number of hydrogen-bond donors (Lipinski definition) is 3. The van der Waals surface area contributed by atoms with Crippen LogP contribution in [0.4, 0.5) is 0 Å². The molecule has 0 aliphatic heterocycles. The quantitative estimate of drug-likeness (QED) is 0.340. The molecule has 0 heterocycles. The Balaban J connectivity index is 4.54. The number of hydrogen-bond acceptors (Lipinski definition) is 7. The molecule has 2 unspecified atom stereocenters. The van der Waals surface area contributed by atoms with E-state index >= 15 is 0 Å². The average Bonchev–Trinajstić information content (AvgIpc) is 2.33. The molecule has 0 rings (SSSR count). The minimum absolute atomic E-state index is 0.168. The fraction of sp³-hybridized carbons (Fsp3) is 1.00. The van der Waals surface area contributed by atoms with Crippen molar-refractivity contribution in [1.29, 1.82) is 0 Å². The third-order valence-electron chi connectivity index (χ3n) is 2.73. The van der Waals surface area contributed by atoms with Crippen LogP contribution in [0, 0.1) is 5.92 Å². The summed E-state index contributed by atoms with van der Waals surface area (Å²) in [5.74, 6) is 0.386. The van der Waals surface area contributed by atoms with E-state index in [1.54, 1.807) is 0 Å². The van der Waals surface area contributed by atoms with Crippen molar-refractivity contribution in [3.63, 3.8) is 0 Å². The van der Waals surface area contributed by atoms with E-state index in [9.17, 15) is 23.3 Å². The second-order valence-corrected chi connectivity index (χ2v) is 6.71. The van der Waals surface area contributed by atoms with Crippen LogP contribution in [0.15, 0.2) is 0 Å². The number of nitrogens with zero attached hydrogens (tertiary/aromatic N) is 1. The Hall–Kier alpha value is -0.345. The summed E-state index contributed by atoms with van der Waals surface area (Å²) in [6.07, 6.45) is -1.28. The SMILES string of the molecule is CC(C)CCN(CCO)C(O)CC(O)S(=O)(=O)B=O. The molecule has 0 aliphatic carbocycles. The Kier molecular flexibility index (Phi) is 8.59. The minimum atomic E-state index is -4.25. The Morgan fingerprint density at radius 2 is 1.79 bits per heavy atom. The molecule has 0 radical (unpaired) electrons. The molecule has 0 aromatic carbocycles. The Morgan fingerprint density at radius 1 is 1.21 bits per heavy atom. The van der Waals surface area contributed by atoms with E-state index < -0.39 is 27.8 Å². The topological polar surface area (TPSA) is 115 Å². The number of rotatable bonds is 10. The molecule has 2 atom stereocenters. The third kappa shape index (κ3) is 7.12. The summed E-state index contributed by atoms with van der Waals surface area (Å²) in [6, 6.07) is 0. The molecule has 0 spiro atoms. The van der Waals surface area contributed by atoms with E-state index in [4.69, 9.17) is 5.11 Å². The Morgan fingerprint density at radius 3 is 2.21 bits per heavy atom. The van der Waals surface area contributed by atoms with Crippen molar-refractivity contribution in [1.82, 2.24) is 4.90 Å². The maximum atomic E-state index is 11.1. The summed E-state index contributed by atoms with van der Waals surface area (Å²) in [6.45, 7) is 4.44. The van der Waals surface area contributed by atoms with Crippen molar-refractivity contribution >= 4 is 16.1 Å². The van der Waals surface area contributed by atoms with Gasteiger partial charge in [0.15, 0.2) is 0 Å². The van der Waals surface area contributed by atoms with Crippen LogP contribution in [0.3, 0.4) is 0 Å². The van der Waals surface area contributed by atoms with E-state index in [1.807, 2.05) is 13.8 Å². The van der Waals surface area contributed by atoms with Gasteiger partial charge in [-0.3, -0.25) is 0 Å². The Bertz CT molecular complexity index is 361. The molecule has 0 saturated heterocycles. The Labute approximate surface area is 114 Å². The second kappa shape index (κ2) is 8.75. The monoisotopic (exact) mass is 295 g/mol. The van der Waals surface area contributed by atoms with Crippen LogP contribution >= 0.6 is 0 Å². The van der Waals surface area contributed by atoms with Crippen LogP contribution in [0.5, 0.6) is 0 Å². The molecule has 3 N–H and O–H groups in total. The summed E-state index contributed by atoms with van der Waals surface area (Å²) in [4.78, 5) is 1.48. The molecule has 0 aliphatic rings. The predicted octanol–water partition coefficient (Wildman–Crippen LogP) is -1.27. The van der Waals surface area contributed by atoms with Crippen molar-refractivity contribution < 1.29 is 28.4 Å². The predicted molar refractivity (Wildman–Crippen MR) is 70.1 cm³/mol. The van der Waals surface area contributed by atoms with Crippen molar-refractivity contribution in [3.8, 4) is 0 Å². The normalized spacial score (nSPS) is 15.5. The van der Waals surface area contributed by atoms with E-state index in [-0.39, 0.29) is 19.6 Å². The first-order valence-corrected chi connectivity index (χ1v) is 7.75. The van der Waals surface area contributed by atoms with Crippen LogP contribution in [-0.2, 0) is 14.4 Å². The first kappa shape index (κ1) is 18.7. The molecule has 0 bridgehead atoms. The first-order chi connectivity index (χ1) is 8.74. The second-order valence-electron chi connectivity index (χ2n) is 4.80. The van der Waals surface area contributed by atoms with Crippen molar-refractivity contribution in [2.45, 2.75) is 38.4 Å². The summed E-state index contributed by atoms with van der Waals surface area (Å²) in [7, 11) is -4.25. The van der Waals surface area contributed by atoms with Crippen molar-refractivity contribution in [2.75, 3.05) is 19.7 Å². The number of aliphatic hydroxyl groups is 3. The molecule has 0 aromatic rings. The van der Waals surface area contributed by atoms with Gasteiger partial charge in [-0.15, -0.1) is 0 Å². The standard InChI is InChI=1S/C10H22BNO6S/c1-8(2)3-4-12(5-6-13)9(14)7-10(15)19(17,18)11-16/h8-10,13-15H,3-7H2,1-2H3. The summed E-state index contributed by atoms with van der Waals surface area (Å²) >= 11 is 0. The summed E-state index contributed by atoms with van der Waals surface area (Å²) < 4.78 is 32.4. The van der Waals surface area contributed by atoms with E-state index in [0.717, 1.165) is 6.42 Å². The van der Waals surface area contributed by atoms with Crippen LogP contribution in [0.1, 0.15) is 26.7 Å². The van der Waals surface area contributed by atoms with Crippen LogP contribution in [0.2, 0.25) is 0 Å². The molecule has 0 amide bonds. The number of aliphatic hydroxyl groups excluding tert-OH is 3. The molecule has 0 saturated carbocycles. The molecule has 7 nitrogen and oxygen atoms in total. The van der Waals surface area contributed by atoms with E-state index in [1.165, 1.54) is 4.90 Å². The fourth-order valence-electron chi connectivity index (χ4n) is 1.49. The van der Waals surface area contributed by atoms with Crippen LogP contribution < -0.4 is 0 Å². The van der Waals surface area contributed by atoms with Gasteiger partial charge >= 0.3 is 113 Å². The molecular weight excluding hydrogens is 273 g/mol. The average molecular weight is 295 g/mol. The zero-order chi connectivity index (χ0) is 15.1. The van der Waals surface area contributed by atoms with E-state index in [0.29, 0.717) is 12.5 Å².